The SMILES string of the molecule is CCOC(=O)C(=O)N1CCSC(C)C1. The van der Waals surface area contributed by atoms with Crippen LogP contribution in [0.1, 0.15) is 13.8 Å². The quantitative estimate of drug-likeness (QED) is 0.474. The molecule has 0 saturated carbocycles. The molecule has 4 nitrogen and oxygen atoms in total. The van der Waals surface area contributed by atoms with Crippen LogP contribution in [0.15, 0.2) is 0 Å². The van der Waals surface area contributed by atoms with Crippen LogP contribution < -0.4 is 0 Å². The Labute approximate surface area is 88.0 Å². The molecule has 0 N–H and O–H groups in total. The van der Waals surface area contributed by atoms with Gasteiger partial charge in [-0.15, -0.1) is 0 Å². The second-order valence-corrected chi connectivity index (χ2v) is 4.70. The van der Waals surface area contributed by atoms with Crippen LogP contribution in [0.25, 0.3) is 0 Å². The molecule has 0 bridgehead atoms. The van der Waals surface area contributed by atoms with Crippen LogP contribution in [-0.2, 0) is 14.3 Å². The normalized spacial score (nSPS) is 21.9. The number of rotatable bonds is 1. The van der Waals surface area contributed by atoms with Crippen molar-refractivity contribution >= 4 is 23.6 Å². The molecule has 0 aliphatic carbocycles. The van der Waals surface area contributed by atoms with E-state index in [1.807, 2.05) is 11.8 Å². The lowest BCUT2D eigenvalue weighted by molar-refractivity contribution is -0.159. The van der Waals surface area contributed by atoms with Crippen molar-refractivity contribution in [1.82, 2.24) is 4.90 Å². The van der Waals surface area contributed by atoms with E-state index >= 15 is 0 Å². The molecule has 1 fully saturated rings. The molecule has 0 radical (unpaired) electrons. The van der Waals surface area contributed by atoms with Crippen LogP contribution in [0.2, 0.25) is 0 Å². The van der Waals surface area contributed by atoms with Crippen molar-refractivity contribution < 1.29 is 14.3 Å². The third kappa shape index (κ3) is 2.90. The zero-order valence-corrected chi connectivity index (χ0v) is 9.30. The van der Waals surface area contributed by atoms with Gasteiger partial charge in [-0.25, -0.2) is 4.79 Å². The van der Waals surface area contributed by atoms with Gasteiger partial charge in [0.1, 0.15) is 0 Å². The highest BCUT2D eigenvalue weighted by Crippen LogP contribution is 2.17. The van der Waals surface area contributed by atoms with Crippen molar-refractivity contribution in [3.8, 4) is 0 Å². The standard InChI is InChI=1S/C9H15NO3S/c1-3-13-9(12)8(11)10-4-5-14-7(2)6-10/h7H,3-6H2,1-2H3. The zero-order chi connectivity index (χ0) is 10.6. The molecule has 0 aromatic carbocycles. The molecule has 0 spiro atoms. The van der Waals surface area contributed by atoms with E-state index in [4.69, 9.17) is 0 Å². The number of carbonyl (C=O) groups is 2. The van der Waals surface area contributed by atoms with Crippen molar-refractivity contribution in [1.29, 1.82) is 0 Å². The topological polar surface area (TPSA) is 46.6 Å². The summed E-state index contributed by atoms with van der Waals surface area (Å²) >= 11 is 1.82. The van der Waals surface area contributed by atoms with E-state index < -0.39 is 11.9 Å². The van der Waals surface area contributed by atoms with Gasteiger partial charge in [0, 0.05) is 24.1 Å². The van der Waals surface area contributed by atoms with E-state index in [1.54, 1.807) is 11.8 Å². The lowest BCUT2D eigenvalue weighted by atomic mass is 10.3. The van der Waals surface area contributed by atoms with Gasteiger partial charge in [0.15, 0.2) is 0 Å². The molecule has 1 rings (SSSR count). The van der Waals surface area contributed by atoms with E-state index in [0.717, 1.165) is 5.75 Å². The van der Waals surface area contributed by atoms with Gasteiger partial charge in [-0.2, -0.15) is 11.8 Å². The highest BCUT2D eigenvalue weighted by atomic mass is 32.2. The number of carbonyl (C=O) groups excluding carboxylic acids is 2. The third-order valence-electron chi connectivity index (χ3n) is 1.98. The van der Waals surface area contributed by atoms with Crippen LogP contribution in [0, 0.1) is 0 Å². The fraction of sp³-hybridized carbons (Fsp3) is 0.778. The fourth-order valence-electron chi connectivity index (χ4n) is 1.32. The first-order valence-electron chi connectivity index (χ1n) is 4.72. The Balaban J connectivity index is 2.47. The number of nitrogens with zero attached hydrogens (tertiary/aromatic N) is 1. The molecule has 80 valence electrons. The minimum Gasteiger partial charge on any atom is -0.459 e. The van der Waals surface area contributed by atoms with Gasteiger partial charge in [-0.3, -0.25) is 4.79 Å². The predicted octanol–water partition coefficient (Wildman–Crippen LogP) is 0.513. The van der Waals surface area contributed by atoms with Gasteiger partial charge in [0.05, 0.1) is 6.61 Å². The molecule has 1 aliphatic rings. The third-order valence-corrected chi connectivity index (χ3v) is 3.11. The van der Waals surface area contributed by atoms with Crippen molar-refractivity contribution in [3.05, 3.63) is 0 Å². The van der Waals surface area contributed by atoms with E-state index in [1.165, 1.54) is 0 Å². The summed E-state index contributed by atoms with van der Waals surface area (Å²) in [4.78, 5) is 24.2. The van der Waals surface area contributed by atoms with Crippen molar-refractivity contribution in [2.24, 2.45) is 0 Å². The summed E-state index contributed by atoms with van der Waals surface area (Å²) < 4.78 is 4.66. The van der Waals surface area contributed by atoms with E-state index in [2.05, 4.69) is 11.7 Å². The van der Waals surface area contributed by atoms with Gasteiger partial charge in [-0.1, -0.05) is 6.92 Å². The van der Waals surface area contributed by atoms with Crippen LogP contribution in [0.4, 0.5) is 0 Å². The summed E-state index contributed by atoms with van der Waals surface area (Å²) in [7, 11) is 0. The maximum absolute atomic E-state index is 11.5. The Kier molecular flexibility index (Phi) is 4.25. The second kappa shape index (κ2) is 5.24. The molecule has 0 aromatic rings. The second-order valence-electron chi connectivity index (χ2n) is 3.15. The molecular formula is C9H15NO3S. The summed E-state index contributed by atoms with van der Waals surface area (Å²) in [6.45, 7) is 5.28. The summed E-state index contributed by atoms with van der Waals surface area (Å²) in [5.41, 5.74) is 0. The van der Waals surface area contributed by atoms with Crippen molar-refractivity contribution in [2.75, 3.05) is 25.4 Å². The Hall–Kier alpha value is -0.710. The van der Waals surface area contributed by atoms with E-state index in [-0.39, 0.29) is 6.61 Å². The number of amides is 1. The first-order valence-corrected chi connectivity index (χ1v) is 5.77. The van der Waals surface area contributed by atoms with Crippen molar-refractivity contribution in [2.45, 2.75) is 19.1 Å². The molecule has 1 aliphatic heterocycles. The first-order chi connectivity index (χ1) is 6.65. The maximum Gasteiger partial charge on any atom is 0.397 e. The van der Waals surface area contributed by atoms with Gasteiger partial charge < -0.3 is 9.64 Å². The monoisotopic (exact) mass is 217 g/mol. The molecule has 1 amide bonds. The Morgan fingerprint density at radius 2 is 2.29 bits per heavy atom. The number of hydrogen-bond donors (Lipinski definition) is 0. The molecule has 14 heavy (non-hydrogen) atoms. The van der Waals surface area contributed by atoms with E-state index in [9.17, 15) is 9.59 Å². The highest BCUT2D eigenvalue weighted by Gasteiger charge is 2.26. The Morgan fingerprint density at radius 3 is 2.86 bits per heavy atom. The molecule has 1 heterocycles. The van der Waals surface area contributed by atoms with Gasteiger partial charge >= 0.3 is 11.9 Å². The number of hydrogen-bond acceptors (Lipinski definition) is 4. The summed E-state index contributed by atoms with van der Waals surface area (Å²) in [5.74, 6) is -0.336. The highest BCUT2D eigenvalue weighted by molar-refractivity contribution is 7.99. The molecular weight excluding hydrogens is 202 g/mol. The minimum absolute atomic E-state index is 0.253. The number of thioether (sulfide) groups is 1. The lowest BCUT2D eigenvalue weighted by Gasteiger charge is -2.29. The zero-order valence-electron chi connectivity index (χ0n) is 8.49. The predicted molar refractivity (Wildman–Crippen MR) is 55.1 cm³/mol. The van der Waals surface area contributed by atoms with Gasteiger partial charge in [0.25, 0.3) is 0 Å². The van der Waals surface area contributed by atoms with Crippen molar-refractivity contribution in [3.63, 3.8) is 0 Å². The van der Waals surface area contributed by atoms with Crippen LogP contribution in [0.3, 0.4) is 0 Å². The Morgan fingerprint density at radius 1 is 1.57 bits per heavy atom. The van der Waals surface area contributed by atoms with Crippen LogP contribution in [0.5, 0.6) is 0 Å². The van der Waals surface area contributed by atoms with Gasteiger partial charge in [0.2, 0.25) is 0 Å². The minimum atomic E-state index is -0.730. The number of esters is 1. The smallest absolute Gasteiger partial charge is 0.397 e. The number of ether oxygens (including phenoxy) is 1. The molecule has 0 aromatic heterocycles. The maximum atomic E-state index is 11.5. The average Bonchev–Trinajstić information content (AvgIpc) is 2.17. The fourth-order valence-corrected chi connectivity index (χ4v) is 2.34. The molecule has 1 unspecified atom stereocenters. The van der Waals surface area contributed by atoms with Gasteiger partial charge in [-0.05, 0) is 6.92 Å². The summed E-state index contributed by atoms with van der Waals surface area (Å²) in [6.07, 6.45) is 0. The Bertz CT molecular complexity index is 232. The lowest BCUT2D eigenvalue weighted by Crippen LogP contribution is -2.44. The summed E-state index contributed by atoms with van der Waals surface area (Å²) in [6, 6.07) is 0. The molecule has 5 heteroatoms. The largest absolute Gasteiger partial charge is 0.459 e. The molecule has 1 saturated heterocycles. The van der Waals surface area contributed by atoms with E-state index in [0.29, 0.717) is 18.3 Å². The van der Waals surface area contributed by atoms with Crippen LogP contribution in [-0.4, -0.2) is 47.5 Å². The average molecular weight is 217 g/mol. The van der Waals surface area contributed by atoms with Crippen LogP contribution >= 0.6 is 11.8 Å². The summed E-state index contributed by atoms with van der Waals surface area (Å²) in [5, 5.41) is 0.405. The first kappa shape index (κ1) is 11.4. The molecule has 1 atom stereocenters.